The Morgan fingerprint density at radius 1 is 1.09 bits per heavy atom. The van der Waals surface area contributed by atoms with Crippen LogP contribution in [-0.2, 0) is 26.0 Å². The molecular formula is C26H24NO5S+. The van der Waals surface area contributed by atoms with Crippen LogP contribution in [0.1, 0.15) is 25.3 Å². The van der Waals surface area contributed by atoms with E-state index in [4.69, 9.17) is 15.9 Å². The lowest BCUT2D eigenvalue weighted by Crippen LogP contribution is -2.30. The van der Waals surface area contributed by atoms with Gasteiger partial charge < -0.3 is 9.47 Å². The second-order valence-electron chi connectivity index (χ2n) is 7.96. The van der Waals surface area contributed by atoms with E-state index in [9.17, 15) is 14.9 Å². The van der Waals surface area contributed by atoms with E-state index < -0.39 is 16.5 Å². The fraction of sp³-hybridized carbons (Fsp3) is 0.269. The van der Waals surface area contributed by atoms with E-state index in [1.807, 2.05) is 24.3 Å². The van der Waals surface area contributed by atoms with Crippen molar-refractivity contribution in [2.75, 3.05) is 18.1 Å². The van der Waals surface area contributed by atoms with Crippen LogP contribution in [0.3, 0.4) is 0 Å². The molecule has 0 saturated carbocycles. The van der Waals surface area contributed by atoms with Gasteiger partial charge in [-0.05, 0) is 50.1 Å². The standard InChI is InChI=1S/C26H24NO5S/c1-3-26(2,19-10-12-20(13-11-19)27(29)30)32-25(28)18-31-23-14-15-24(33-16-6-7-17-33)22-9-5-4-8-21(22)23/h1,4-5,8-15H,6-7,16-18H2,2H3/q+1. The van der Waals surface area contributed by atoms with Crippen molar-refractivity contribution in [1.29, 1.82) is 0 Å². The molecule has 4 rings (SSSR count). The predicted molar refractivity (Wildman–Crippen MR) is 129 cm³/mol. The lowest BCUT2D eigenvalue weighted by atomic mass is 9.96. The minimum Gasteiger partial charge on any atom is -0.481 e. The highest BCUT2D eigenvalue weighted by atomic mass is 32.2. The first-order valence-electron chi connectivity index (χ1n) is 10.7. The van der Waals surface area contributed by atoms with E-state index in [-0.39, 0.29) is 23.2 Å². The maximum absolute atomic E-state index is 12.6. The SMILES string of the molecule is C#CC(C)(OC(=O)COc1ccc([S+]2CCCC2)c2ccccc12)c1ccc([N+](=O)[O-])cc1. The highest BCUT2D eigenvalue weighted by Crippen LogP contribution is 2.35. The third-order valence-corrected chi connectivity index (χ3v) is 8.30. The van der Waals surface area contributed by atoms with Gasteiger partial charge in [0, 0.05) is 39.4 Å². The Balaban J connectivity index is 1.48. The van der Waals surface area contributed by atoms with Crippen molar-refractivity contribution in [3.05, 3.63) is 76.3 Å². The number of nitro groups is 1. The molecule has 6 nitrogen and oxygen atoms in total. The second-order valence-corrected chi connectivity index (χ2v) is 10.2. The summed E-state index contributed by atoms with van der Waals surface area (Å²) < 4.78 is 11.4. The van der Waals surface area contributed by atoms with E-state index >= 15 is 0 Å². The summed E-state index contributed by atoms with van der Waals surface area (Å²) >= 11 is 0. The Kier molecular flexibility index (Phi) is 6.57. The van der Waals surface area contributed by atoms with Crippen molar-refractivity contribution >= 4 is 33.3 Å². The average Bonchev–Trinajstić information content (AvgIpc) is 3.37. The molecule has 33 heavy (non-hydrogen) atoms. The number of esters is 1. The number of carbonyl (C=O) groups is 1. The van der Waals surface area contributed by atoms with Crippen LogP contribution in [0, 0.1) is 22.5 Å². The molecule has 7 heteroatoms. The molecule has 168 valence electrons. The molecule has 0 amide bonds. The van der Waals surface area contributed by atoms with Gasteiger partial charge in [0.05, 0.1) is 4.92 Å². The van der Waals surface area contributed by atoms with E-state index in [1.54, 1.807) is 6.92 Å². The fourth-order valence-corrected chi connectivity index (χ4v) is 6.46. The zero-order valence-corrected chi connectivity index (χ0v) is 19.1. The molecular weight excluding hydrogens is 438 g/mol. The van der Waals surface area contributed by atoms with Crippen LogP contribution in [0.25, 0.3) is 10.8 Å². The van der Waals surface area contributed by atoms with Crippen LogP contribution in [0.4, 0.5) is 5.69 Å². The van der Waals surface area contributed by atoms with Crippen molar-refractivity contribution in [3.8, 4) is 18.1 Å². The Morgan fingerprint density at radius 2 is 1.76 bits per heavy atom. The van der Waals surface area contributed by atoms with Crippen molar-refractivity contribution in [1.82, 2.24) is 0 Å². The first kappa shape index (κ1) is 22.7. The highest BCUT2D eigenvalue weighted by Gasteiger charge is 2.31. The van der Waals surface area contributed by atoms with Crippen molar-refractivity contribution in [3.63, 3.8) is 0 Å². The van der Waals surface area contributed by atoms with Crippen molar-refractivity contribution in [2.45, 2.75) is 30.3 Å². The van der Waals surface area contributed by atoms with Crippen molar-refractivity contribution in [2.24, 2.45) is 0 Å². The van der Waals surface area contributed by atoms with E-state index in [0.717, 1.165) is 10.8 Å². The van der Waals surface area contributed by atoms with E-state index in [1.165, 1.54) is 53.5 Å². The number of ether oxygens (including phenoxy) is 2. The third-order valence-electron chi connectivity index (χ3n) is 5.75. The molecule has 1 saturated heterocycles. The number of carbonyl (C=O) groups excluding carboxylic acids is 1. The molecule has 0 spiro atoms. The molecule has 0 radical (unpaired) electrons. The first-order valence-corrected chi connectivity index (χ1v) is 12.2. The van der Waals surface area contributed by atoms with Gasteiger partial charge >= 0.3 is 5.97 Å². The summed E-state index contributed by atoms with van der Waals surface area (Å²) in [7, 11) is 0.262. The zero-order valence-electron chi connectivity index (χ0n) is 18.3. The van der Waals surface area contributed by atoms with Crippen LogP contribution in [0.2, 0.25) is 0 Å². The van der Waals surface area contributed by atoms with Gasteiger partial charge in [-0.3, -0.25) is 10.1 Å². The summed E-state index contributed by atoms with van der Waals surface area (Å²) in [5.41, 5.74) is -0.969. The summed E-state index contributed by atoms with van der Waals surface area (Å²) in [5.74, 6) is 4.92. The van der Waals surface area contributed by atoms with Crippen LogP contribution >= 0.6 is 0 Å². The lowest BCUT2D eigenvalue weighted by molar-refractivity contribution is -0.384. The Labute approximate surface area is 195 Å². The number of rotatable bonds is 7. The summed E-state index contributed by atoms with van der Waals surface area (Å²) in [6, 6.07) is 17.7. The van der Waals surface area contributed by atoms with Gasteiger partial charge in [0.25, 0.3) is 5.69 Å². The number of terminal acetylenes is 1. The minimum absolute atomic E-state index is 0.0682. The van der Waals surface area contributed by atoms with E-state index in [0.29, 0.717) is 11.3 Å². The monoisotopic (exact) mass is 462 g/mol. The maximum Gasteiger partial charge on any atom is 0.345 e. The van der Waals surface area contributed by atoms with Gasteiger partial charge in [-0.1, -0.05) is 24.1 Å². The van der Waals surface area contributed by atoms with Gasteiger partial charge in [-0.2, -0.15) is 0 Å². The summed E-state index contributed by atoms with van der Waals surface area (Å²) in [6.07, 6.45) is 8.18. The number of hydrogen-bond donors (Lipinski definition) is 0. The number of fused-ring (bicyclic) bond motifs is 1. The number of nitrogens with zero attached hydrogens (tertiary/aromatic N) is 1. The van der Waals surface area contributed by atoms with Crippen LogP contribution < -0.4 is 4.74 Å². The topological polar surface area (TPSA) is 78.7 Å². The van der Waals surface area contributed by atoms with Gasteiger partial charge in [-0.15, -0.1) is 6.42 Å². The molecule has 0 N–H and O–H groups in total. The molecule has 0 aliphatic carbocycles. The largest absolute Gasteiger partial charge is 0.481 e. The third kappa shape index (κ3) is 4.81. The Hall–Kier alpha value is -3.50. The number of non-ortho nitro benzene ring substituents is 1. The Morgan fingerprint density at radius 3 is 2.39 bits per heavy atom. The highest BCUT2D eigenvalue weighted by molar-refractivity contribution is 7.97. The fourth-order valence-electron chi connectivity index (χ4n) is 3.96. The molecule has 1 unspecified atom stereocenters. The molecule has 3 aromatic carbocycles. The summed E-state index contributed by atoms with van der Waals surface area (Å²) in [5, 5.41) is 13.0. The lowest BCUT2D eigenvalue weighted by Gasteiger charge is -2.24. The maximum atomic E-state index is 12.6. The number of nitro benzene ring substituents is 1. The van der Waals surface area contributed by atoms with Crippen molar-refractivity contribution < 1.29 is 19.2 Å². The molecule has 1 aliphatic heterocycles. The quantitative estimate of drug-likeness (QED) is 0.163. The smallest absolute Gasteiger partial charge is 0.345 e. The minimum atomic E-state index is -1.37. The normalized spacial score (nSPS) is 15.5. The molecule has 1 heterocycles. The van der Waals surface area contributed by atoms with Gasteiger partial charge in [0.2, 0.25) is 0 Å². The van der Waals surface area contributed by atoms with Crippen LogP contribution in [0.15, 0.2) is 65.6 Å². The van der Waals surface area contributed by atoms with Gasteiger partial charge in [0.1, 0.15) is 17.3 Å². The summed E-state index contributed by atoms with van der Waals surface area (Å²) in [4.78, 5) is 24.3. The average molecular weight is 463 g/mol. The molecule has 0 aromatic heterocycles. The number of benzene rings is 3. The molecule has 3 aromatic rings. The molecule has 1 aliphatic rings. The van der Waals surface area contributed by atoms with E-state index in [2.05, 4.69) is 18.1 Å². The van der Waals surface area contributed by atoms with Gasteiger partial charge in [-0.25, -0.2) is 4.79 Å². The first-order chi connectivity index (χ1) is 15.9. The summed E-state index contributed by atoms with van der Waals surface area (Å²) in [6.45, 7) is 1.26. The zero-order chi connectivity index (χ0) is 23.4. The van der Waals surface area contributed by atoms with Crippen LogP contribution in [0.5, 0.6) is 5.75 Å². The molecule has 1 atom stereocenters. The Bertz CT molecular complexity index is 1230. The predicted octanol–water partition coefficient (Wildman–Crippen LogP) is 4.99. The number of hydrogen-bond acceptors (Lipinski definition) is 5. The molecule has 0 bridgehead atoms. The molecule has 1 fully saturated rings. The van der Waals surface area contributed by atoms with Gasteiger partial charge in [0.15, 0.2) is 17.1 Å². The second kappa shape index (κ2) is 9.55. The van der Waals surface area contributed by atoms with Crippen LogP contribution in [-0.4, -0.2) is 29.0 Å².